The van der Waals surface area contributed by atoms with Gasteiger partial charge in [-0.1, -0.05) is 0 Å². The maximum Gasteiger partial charge on any atom is 0.129 e. The van der Waals surface area contributed by atoms with Crippen LogP contribution in [0.1, 0.15) is 25.0 Å². The predicted octanol–water partition coefficient (Wildman–Crippen LogP) is 1.63. The number of aliphatic hydroxyl groups is 1. The summed E-state index contributed by atoms with van der Waals surface area (Å²) in [4.78, 5) is 0. The van der Waals surface area contributed by atoms with Gasteiger partial charge in [0.15, 0.2) is 0 Å². The molecule has 0 saturated carbocycles. The minimum absolute atomic E-state index is 0.529. The van der Waals surface area contributed by atoms with Crippen LogP contribution in [0.3, 0.4) is 0 Å². The zero-order valence-electron chi connectivity index (χ0n) is 8.82. The lowest BCUT2D eigenvalue weighted by atomic mass is 9.90. The summed E-state index contributed by atoms with van der Waals surface area (Å²) in [6.45, 7) is 3.72. The van der Waals surface area contributed by atoms with E-state index in [1.807, 2.05) is 13.8 Å². The van der Waals surface area contributed by atoms with Crippen molar-refractivity contribution in [2.24, 2.45) is 0 Å². The molecule has 0 aliphatic carbocycles. The second-order valence-corrected chi connectivity index (χ2v) is 4.36. The molecule has 3 nitrogen and oxygen atoms in total. The third kappa shape index (κ3) is 1.69. The molecule has 0 saturated heterocycles. The van der Waals surface area contributed by atoms with Gasteiger partial charge in [0.2, 0.25) is 0 Å². The van der Waals surface area contributed by atoms with Gasteiger partial charge in [-0.25, -0.2) is 0 Å². The van der Waals surface area contributed by atoms with E-state index in [0.29, 0.717) is 12.0 Å². The molecule has 1 aliphatic rings. The van der Waals surface area contributed by atoms with Crippen molar-refractivity contribution in [2.45, 2.75) is 32.0 Å². The van der Waals surface area contributed by atoms with Crippen molar-refractivity contribution in [3.8, 4) is 11.8 Å². The van der Waals surface area contributed by atoms with Gasteiger partial charge in [-0.05, 0) is 37.6 Å². The van der Waals surface area contributed by atoms with Crippen LogP contribution < -0.4 is 4.74 Å². The topological polar surface area (TPSA) is 53.2 Å². The molecule has 1 heterocycles. The summed E-state index contributed by atoms with van der Waals surface area (Å²) in [5.74, 6) is 0.768. The number of hydrogen-bond acceptors (Lipinski definition) is 3. The number of nitrogens with zero attached hydrogens (tertiary/aromatic N) is 1. The molecule has 1 unspecified atom stereocenters. The Morgan fingerprint density at radius 2 is 2.27 bits per heavy atom. The molecule has 3 heteroatoms. The molecule has 1 atom stereocenters. The van der Waals surface area contributed by atoms with E-state index in [9.17, 15) is 5.11 Å². The van der Waals surface area contributed by atoms with E-state index in [2.05, 4.69) is 6.07 Å². The molecule has 0 spiro atoms. The zero-order chi connectivity index (χ0) is 11.1. The molecule has 1 N–H and O–H groups in total. The average molecular weight is 203 g/mol. The van der Waals surface area contributed by atoms with Crippen molar-refractivity contribution in [1.29, 1.82) is 5.26 Å². The van der Waals surface area contributed by atoms with Crippen molar-refractivity contribution in [1.82, 2.24) is 0 Å². The SMILES string of the molecule is CC1(C)Oc2ccc(C#N)cc2CC1O. The van der Waals surface area contributed by atoms with E-state index < -0.39 is 11.7 Å². The Labute approximate surface area is 88.9 Å². The molecule has 15 heavy (non-hydrogen) atoms. The third-order valence-corrected chi connectivity index (χ3v) is 2.78. The fourth-order valence-corrected chi connectivity index (χ4v) is 1.71. The third-order valence-electron chi connectivity index (χ3n) is 2.78. The van der Waals surface area contributed by atoms with Crippen molar-refractivity contribution >= 4 is 0 Å². The maximum absolute atomic E-state index is 9.84. The normalized spacial score (nSPS) is 22.4. The molecule has 1 aromatic carbocycles. The second kappa shape index (κ2) is 3.25. The van der Waals surface area contributed by atoms with Crippen LogP contribution in [0, 0.1) is 11.3 Å². The molecule has 0 amide bonds. The highest BCUT2D eigenvalue weighted by atomic mass is 16.5. The van der Waals surface area contributed by atoms with Crippen molar-refractivity contribution in [3.63, 3.8) is 0 Å². The molecule has 1 aromatic rings. The number of hydrogen-bond donors (Lipinski definition) is 1. The second-order valence-electron chi connectivity index (χ2n) is 4.36. The van der Waals surface area contributed by atoms with Crippen LogP contribution in [-0.2, 0) is 6.42 Å². The molecule has 0 aromatic heterocycles. The fourth-order valence-electron chi connectivity index (χ4n) is 1.71. The monoisotopic (exact) mass is 203 g/mol. The van der Waals surface area contributed by atoms with Gasteiger partial charge in [0.1, 0.15) is 11.4 Å². The van der Waals surface area contributed by atoms with Crippen LogP contribution in [0.25, 0.3) is 0 Å². The summed E-state index contributed by atoms with van der Waals surface area (Å²) in [7, 11) is 0. The lowest BCUT2D eigenvalue weighted by Gasteiger charge is -2.37. The molecule has 0 bridgehead atoms. The average Bonchev–Trinajstić information content (AvgIpc) is 2.19. The molecule has 1 aliphatic heterocycles. The lowest BCUT2D eigenvalue weighted by Crippen LogP contribution is -2.46. The summed E-state index contributed by atoms with van der Waals surface area (Å²) >= 11 is 0. The first-order valence-corrected chi connectivity index (χ1v) is 4.93. The first kappa shape index (κ1) is 10.0. The Morgan fingerprint density at radius 3 is 2.93 bits per heavy atom. The first-order chi connectivity index (χ1) is 7.03. The van der Waals surface area contributed by atoms with E-state index in [1.165, 1.54) is 0 Å². The first-order valence-electron chi connectivity index (χ1n) is 4.93. The summed E-state index contributed by atoms with van der Waals surface area (Å²) in [5.41, 5.74) is 0.950. The van der Waals surface area contributed by atoms with Crippen molar-refractivity contribution < 1.29 is 9.84 Å². The molecular formula is C12H13NO2. The molecule has 2 rings (SSSR count). The number of fused-ring (bicyclic) bond motifs is 1. The van der Waals surface area contributed by atoms with Gasteiger partial charge in [-0.2, -0.15) is 5.26 Å². The predicted molar refractivity (Wildman–Crippen MR) is 55.6 cm³/mol. The smallest absolute Gasteiger partial charge is 0.129 e. The standard InChI is InChI=1S/C12H13NO2/c1-12(2)11(14)6-9-5-8(7-13)3-4-10(9)15-12/h3-5,11,14H,6H2,1-2H3. The van der Waals surface area contributed by atoms with Crippen LogP contribution in [0.2, 0.25) is 0 Å². The maximum atomic E-state index is 9.84. The quantitative estimate of drug-likeness (QED) is 0.697. The van der Waals surface area contributed by atoms with Gasteiger partial charge in [0.25, 0.3) is 0 Å². The van der Waals surface area contributed by atoms with Gasteiger partial charge in [0, 0.05) is 6.42 Å². The van der Waals surface area contributed by atoms with E-state index in [1.54, 1.807) is 18.2 Å². The molecule has 0 fully saturated rings. The van der Waals surface area contributed by atoms with E-state index in [-0.39, 0.29) is 0 Å². The summed E-state index contributed by atoms with van der Waals surface area (Å²) in [5, 5.41) is 18.6. The summed E-state index contributed by atoms with van der Waals surface area (Å²) in [6.07, 6.45) is 0.0108. The number of ether oxygens (including phenoxy) is 1. The highest BCUT2D eigenvalue weighted by molar-refractivity contribution is 5.44. The minimum Gasteiger partial charge on any atom is -0.485 e. The molecule has 0 radical (unpaired) electrons. The van der Waals surface area contributed by atoms with Crippen molar-refractivity contribution in [2.75, 3.05) is 0 Å². The van der Waals surface area contributed by atoms with Crippen LogP contribution in [0.5, 0.6) is 5.75 Å². The van der Waals surface area contributed by atoms with Gasteiger partial charge in [-0.15, -0.1) is 0 Å². The van der Waals surface area contributed by atoms with Crippen LogP contribution >= 0.6 is 0 Å². The van der Waals surface area contributed by atoms with Crippen LogP contribution in [-0.4, -0.2) is 16.8 Å². The van der Waals surface area contributed by atoms with Gasteiger partial charge >= 0.3 is 0 Å². The Balaban J connectivity index is 2.42. The van der Waals surface area contributed by atoms with Gasteiger partial charge in [0.05, 0.1) is 17.7 Å². The minimum atomic E-state index is -0.554. The Morgan fingerprint density at radius 1 is 1.53 bits per heavy atom. The van der Waals surface area contributed by atoms with Gasteiger partial charge < -0.3 is 9.84 Å². The fraction of sp³-hybridized carbons (Fsp3) is 0.417. The summed E-state index contributed by atoms with van der Waals surface area (Å²) < 4.78 is 5.67. The number of rotatable bonds is 0. The Hall–Kier alpha value is -1.53. The molecule has 78 valence electrons. The van der Waals surface area contributed by atoms with Crippen LogP contribution in [0.4, 0.5) is 0 Å². The van der Waals surface area contributed by atoms with Gasteiger partial charge in [-0.3, -0.25) is 0 Å². The lowest BCUT2D eigenvalue weighted by molar-refractivity contribution is -0.0411. The van der Waals surface area contributed by atoms with E-state index in [4.69, 9.17) is 10.00 Å². The number of nitriles is 1. The zero-order valence-corrected chi connectivity index (χ0v) is 8.82. The highest BCUT2D eigenvalue weighted by Crippen LogP contribution is 2.33. The van der Waals surface area contributed by atoms with Crippen LogP contribution in [0.15, 0.2) is 18.2 Å². The van der Waals surface area contributed by atoms with E-state index >= 15 is 0 Å². The summed E-state index contributed by atoms with van der Waals surface area (Å²) in [6, 6.07) is 7.37. The van der Waals surface area contributed by atoms with E-state index in [0.717, 1.165) is 11.3 Å². The largest absolute Gasteiger partial charge is 0.485 e. The van der Waals surface area contributed by atoms with Crippen molar-refractivity contribution in [3.05, 3.63) is 29.3 Å². The Kier molecular flexibility index (Phi) is 2.17. The number of benzene rings is 1. The highest BCUT2D eigenvalue weighted by Gasteiger charge is 2.35. The Bertz CT molecular complexity index is 432. The number of aliphatic hydroxyl groups excluding tert-OH is 1. The molecular weight excluding hydrogens is 190 g/mol.